The molecule has 0 aliphatic heterocycles. The molecule has 0 aliphatic carbocycles. The van der Waals surface area contributed by atoms with Crippen LogP contribution in [0.25, 0.3) is 0 Å². The molecule has 2 aromatic carbocycles. The molecule has 4 nitrogen and oxygen atoms in total. The molecule has 0 aliphatic rings. The zero-order chi connectivity index (χ0) is 16.7. The van der Waals surface area contributed by atoms with Crippen molar-refractivity contribution in [3.8, 4) is 5.75 Å². The van der Waals surface area contributed by atoms with E-state index in [2.05, 4.69) is 0 Å². The summed E-state index contributed by atoms with van der Waals surface area (Å²) in [7, 11) is 1.61. The number of carbonyl (C=O) groups is 1. The summed E-state index contributed by atoms with van der Waals surface area (Å²) in [5.74, 6) is 0.444. The second-order valence-corrected chi connectivity index (χ2v) is 5.09. The molecule has 0 radical (unpaired) electrons. The minimum atomic E-state index is -0.325. The third-order valence-corrected chi connectivity index (χ3v) is 3.51. The summed E-state index contributed by atoms with van der Waals surface area (Å²) in [6.07, 6.45) is 0. The number of hydrogen-bond acceptors (Lipinski definition) is 5. The number of thiocarbonyl (C=S) groups is 1. The molecule has 0 amide bonds. The summed E-state index contributed by atoms with van der Waals surface area (Å²) in [4.78, 5) is 11.6. The topological polar surface area (TPSA) is 44.8 Å². The van der Waals surface area contributed by atoms with Crippen molar-refractivity contribution in [2.75, 3.05) is 13.7 Å². The molecule has 0 spiro atoms. The quantitative estimate of drug-likeness (QED) is 0.596. The number of methoxy groups -OCH3 is 1. The van der Waals surface area contributed by atoms with Gasteiger partial charge in [-0.25, -0.2) is 4.79 Å². The molecular formula is C18H18O4S. The Labute approximate surface area is 141 Å². The molecule has 0 N–H and O–H groups in total. The zero-order valence-corrected chi connectivity index (χ0v) is 13.9. The van der Waals surface area contributed by atoms with Gasteiger partial charge in [0.1, 0.15) is 12.4 Å². The van der Waals surface area contributed by atoms with Crippen molar-refractivity contribution in [1.29, 1.82) is 0 Å². The van der Waals surface area contributed by atoms with Gasteiger partial charge in [-0.15, -0.1) is 0 Å². The number of carbonyl (C=O) groups excluding carboxylic acids is 1. The highest BCUT2D eigenvalue weighted by atomic mass is 32.1. The highest BCUT2D eigenvalue weighted by Crippen LogP contribution is 2.14. The maximum Gasteiger partial charge on any atom is 0.338 e. The van der Waals surface area contributed by atoms with Crippen LogP contribution >= 0.6 is 12.2 Å². The van der Waals surface area contributed by atoms with Crippen LogP contribution in [0, 0.1) is 0 Å². The van der Waals surface area contributed by atoms with E-state index in [9.17, 15) is 4.79 Å². The van der Waals surface area contributed by atoms with E-state index in [0.29, 0.717) is 23.8 Å². The van der Waals surface area contributed by atoms with E-state index < -0.39 is 0 Å². The van der Waals surface area contributed by atoms with Gasteiger partial charge in [0.2, 0.25) is 0 Å². The van der Waals surface area contributed by atoms with E-state index in [4.69, 9.17) is 26.4 Å². The smallest absolute Gasteiger partial charge is 0.338 e. The molecule has 0 unspecified atom stereocenters. The van der Waals surface area contributed by atoms with Crippen molar-refractivity contribution in [1.82, 2.24) is 0 Å². The summed E-state index contributed by atoms with van der Waals surface area (Å²) in [6, 6.07) is 14.4. The molecular weight excluding hydrogens is 312 g/mol. The Morgan fingerprint density at radius 3 is 2.13 bits per heavy atom. The van der Waals surface area contributed by atoms with Crippen LogP contribution < -0.4 is 4.74 Å². The van der Waals surface area contributed by atoms with Crippen molar-refractivity contribution in [3.05, 3.63) is 65.2 Å². The summed E-state index contributed by atoms with van der Waals surface area (Å²) < 4.78 is 15.7. The predicted octanol–water partition coefficient (Wildman–Crippen LogP) is 3.76. The molecule has 23 heavy (non-hydrogen) atoms. The van der Waals surface area contributed by atoms with Crippen LogP contribution in [0.1, 0.15) is 28.4 Å². The van der Waals surface area contributed by atoms with Gasteiger partial charge in [-0.1, -0.05) is 12.1 Å². The zero-order valence-electron chi connectivity index (χ0n) is 13.1. The molecule has 0 bridgehead atoms. The SMILES string of the molecule is CCOC(=O)c1ccc(COC(=S)c2ccc(OC)cc2)cc1. The Hall–Kier alpha value is -2.40. The van der Waals surface area contributed by atoms with Gasteiger partial charge in [-0.2, -0.15) is 0 Å². The van der Waals surface area contributed by atoms with Gasteiger partial charge in [-0.3, -0.25) is 0 Å². The van der Waals surface area contributed by atoms with Crippen LogP contribution in [0.3, 0.4) is 0 Å². The van der Waals surface area contributed by atoms with Gasteiger partial charge in [0.05, 0.1) is 19.3 Å². The number of benzene rings is 2. The summed E-state index contributed by atoms with van der Waals surface area (Å²) in [6.45, 7) is 2.48. The molecule has 0 atom stereocenters. The van der Waals surface area contributed by atoms with E-state index >= 15 is 0 Å². The minimum absolute atomic E-state index is 0.325. The summed E-state index contributed by atoms with van der Waals surface area (Å²) >= 11 is 5.26. The Balaban J connectivity index is 1.92. The molecule has 120 valence electrons. The fourth-order valence-corrected chi connectivity index (χ4v) is 2.11. The maximum atomic E-state index is 11.6. The lowest BCUT2D eigenvalue weighted by Gasteiger charge is -2.09. The first-order chi connectivity index (χ1) is 11.1. The van der Waals surface area contributed by atoms with Crippen molar-refractivity contribution in [2.45, 2.75) is 13.5 Å². The first-order valence-corrected chi connectivity index (χ1v) is 7.62. The van der Waals surface area contributed by atoms with Gasteiger partial charge >= 0.3 is 5.97 Å². The molecule has 5 heteroatoms. The molecule has 0 saturated carbocycles. The Morgan fingerprint density at radius 2 is 1.57 bits per heavy atom. The monoisotopic (exact) mass is 330 g/mol. The van der Waals surface area contributed by atoms with Crippen LogP contribution in [0.15, 0.2) is 48.5 Å². The van der Waals surface area contributed by atoms with Crippen LogP contribution in [0.4, 0.5) is 0 Å². The van der Waals surface area contributed by atoms with Gasteiger partial charge in [-0.05, 0) is 61.1 Å². The minimum Gasteiger partial charge on any atom is -0.497 e. The molecule has 2 rings (SSSR count). The van der Waals surface area contributed by atoms with E-state index in [1.165, 1.54) is 0 Å². The number of ether oxygens (including phenoxy) is 3. The first kappa shape index (κ1) is 17.0. The maximum absolute atomic E-state index is 11.6. The van der Waals surface area contributed by atoms with Gasteiger partial charge in [0.15, 0.2) is 5.05 Å². The lowest BCUT2D eigenvalue weighted by Crippen LogP contribution is -2.06. The third kappa shape index (κ3) is 4.79. The Bertz CT molecular complexity index is 662. The van der Waals surface area contributed by atoms with E-state index in [1.54, 1.807) is 26.2 Å². The Morgan fingerprint density at radius 1 is 0.957 bits per heavy atom. The highest BCUT2D eigenvalue weighted by Gasteiger charge is 2.07. The normalized spacial score (nSPS) is 10.0. The van der Waals surface area contributed by atoms with Crippen molar-refractivity contribution >= 4 is 23.2 Å². The first-order valence-electron chi connectivity index (χ1n) is 7.21. The number of esters is 1. The van der Waals surface area contributed by atoms with Crippen LogP contribution in [-0.2, 0) is 16.1 Å². The second-order valence-electron chi connectivity index (χ2n) is 4.72. The van der Waals surface area contributed by atoms with Crippen LogP contribution in [-0.4, -0.2) is 24.7 Å². The van der Waals surface area contributed by atoms with E-state index in [-0.39, 0.29) is 5.97 Å². The van der Waals surface area contributed by atoms with Crippen molar-refractivity contribution in [2.24, 2.45) is 0 Å². The van der Waals surface area contributed by atoms with E-state index in [0.717, 1.165) is 16.9 Å². The molecule has 0 saturated heterocycles. The fourth-order valence-electron chi connectivity index (χ4n) is 1.91. The van der Waals surface area contributed by atoms with Crippen LogP contribution in [0.2, 0.25) is 0 Å². The lowest BCUT2D eigenvalue weighted by atomic mass is 10.1. The van der Waals surface area contributed by atoms with Gasteiger partial charge in [0.25, 0.3) is 0 Å². The highest BCUT2D eigenvalue weighted by molar-refractivity contribution is 7.80. The molecule has 0 heterocycles. The summed E-state index contributed by atoms with van der Waals surface area (Å²) in [5.41, 5.74) is 2.27. The third-order valence-electron chi connectivity index (χ3n) is 3.16. The van der Waals surface area contributed by atoms with Gasteiger partial charge in [0, 0.05) is 5.56 Å². The fraction of sp³-hybridized carbons (Fsp3) is 0.222. The number of hydrogen-bond donors (Lipinski definition) is 0. The van der Waals surface area contributed by atoms with Crippen molar-refractivity contribution < 1.29 is 19.0 Å². The largest absolute Gasteiger partial charge is 0.497 e. The molecule has 0 aromatic heterocycles. The average molecular weight is 330 g/mol. The van der Waals surface area contributed by atoms with Crippen molar-refractivity contribution in [3.63, 3.8) is 0 Å². The lowest BCUT2D eigenvalue weighted by molar-refractivity contribution is 0.0526. The molecule has 0 fully saturated rings. The average Bonchev–Trinajstić information content (AvgIpc) is 2.60. The predicted molar refractivity (Wildman–Crippen MR) is 91.9 cm³/mol. The molecule has 2 aromatic rings. The van der Waals surface area contributed by atoms with E-state index in [1.807, 2.05) is 36.4 Å². The second kappa shape index (κ2) is 8.29. The van der Waals surface area contributed by atoms with Crippen LogP contribution in [0.5, 0.6) is 5.75 Å². The standard InChI is InChI=1S/C18H18O4S/c1-3-21-17(19)14-6-4-13(5-7-14)12-22-18(23)15-8-10-16(20-2)11-9-15/h4-11H,3,12H2,1-2H3. The number of rotatable bonds is 6. The van der Waals surface area contributed by atoms with Gasteiger partial charge < -0.3 is 14.2 Å². The summed E-state index contributed by atoms with van der Waals surface area (Å²) in [5, 5.41) is 0.419. The Kier molecular flexibility index (Phi) is 6.11.